The molecular formula is C13H25F3N2O2. The summed E-state index contributed by atoms with van der Waals surface area (Å²) in [7, 11) is 1.27. The number of carbonyl (C=O) groups excluding carboxylic acids is 1. The van der Waals surface area contributed by atoms with Crippen LogP contribution in [0.5, 0.6) is 0 Å². The molecular weight excluding hydrogens is 273 g/mol. The Morgan fingerprint density at radius 3 is 2.25 bits per heavy atom. The molecule has 0 heterocycles. The Kier molecular flexibility index (Phi) is 7.51. The summed E-state index contributed by atoms with van der Waals surface area (Å²) in [6.07, 6.45) is -4.00. The number of halogens is 3. The van der Waals surface area contributed by atoms with Crippen LogP contribution in [0.15, 0.2) is 0 Å². The van der Waals surface area contributed by atoms with Crippen LogP contribution in [0.4, 0.5) is 13.2 Å². The highest BCUT2D eigenvalue weighted by Gasteiger charge is 2.38. The molecule has 0 rings (SSSR count). The van der Waals surface area contributed by atoms with E-state index in [2.05, 4.69) is 5.32 Å². The van der Waals surface area contributed by atoms with Crippen molar-refractivity contribution in [3.63, 3.8) is 0 Å². The Morgan fingerprint density at radius 1 is 1.35 bits per heavy atom. The average Bonchev–Trinajstić information content (AvgIpc) is 2.33. The zero-order valence-corrected chi connectivity index (χ0v) is 12.8. The first kappa shape index (κ1) is 19.2. The van der Waals surface area contributed by atoms with Gasteiger partial charge in [-0.15, -0.1) is 0 Å². The lowest BCUT2D eigenvalue weighted by atomic mass is 9.92. The van der Waals surface area contributed by atoms with Crippen LogP contribution in [-0.2, 0) is 9.53 Å². The van der Waals surface area contributed by atoms with E-state index in [-0.39, 0.29) is 13.0 Å². The Morgan fingerprint density at radius 2 is 1.90 bits per heavy atom. The maximum Gasteiger partial charge on any atom is 0.401 e. The second-order valence-corrected chi connectivity index (χ2v) is 5.09. The number of carbonyl (C=O) groups is 1. The fourth-order valence-corrected chi connectivity index (χ4v) is 2.37. The van der Waals surface area contributed by atoms with Crippen LogP contribution >= 0.6 is 0 Å². The zero-order valence-electron chi connectivity index (χ0n) is 12.8. The van der Waals surface area contributed by atoms with Gasteiger partial charge in [-0.25, -0.2) is 0 Å². The van der Waals surface area contributed by atoms with E-state index in [9.17, 15) is 18.0 Å². The number of methoxy groups -OCH3 is 1. The third-order valence-electron chi connectivity index (χ3n) is 3.32. The third kappa shape index (κ3) is 6.09. The summed E-state index contributed by atoms with van der Waals surface area (Å²) in [6, 6.07) is -0.398. The van der Waals surface area contributed by atoms with Crippen LogP contribution in [0.1, 0.15) is 34.1 Å². The van der Waals surface area contributed by atoms with Crippen molar-refractivity contribution in [2.45, 2.75) is 51.9 Å². The number of hydrogen-bond donors (Lipinski definition) is 1. The molecule has 0 aliphatic rings. The van der Waals surface area contributed by atoms with Gasteiger partial charge in [0.1, 0.15) is 5.54 Å². The lowest BCUT2D eigenvalue weighted by Gasteiger charge is -2.35. The average molecular weight is 298 g/mol. The van der Waals surface area contributed by atoms with E-state index in [0.717, 1.165) is 0 Å². The number of nitrogens with one attached hydrogen (secondary N) is 1. The minimum absolute atomic E-state index is 0.247. The maximum atomic E-state index is 12.5. The van der Waals surface area contributed by atoms with Crippen LogP contribution in [0, 0.1) is 0 Å². The van der Waals surface area contributed by atoms with Crippen molar-refractivity contribution in [1.29, 1.82) is 0 Å². The van der Waals surface area contributed by atoms with Crippen LogP contribution in [0.2, 0.25) is 0 Å². The standard InChI is InChI=1S/C13H25F3N2O2/c1-6-17-12(4,11(19)20-5)8-10(3)18(7-2)9-13(14,15)16/h10,17H,6-9H2,1-5H3. The van der Waals surface area contributed by atoms with E-state index in [1.807, 2.05) is 6.92 Å². The van der Waals surface area contributed by atoms with Gasteiger partial charge in [-0.2, -0.15) is 13.2 Å². The first-order valence-corrected chi connectivity index (χ1v) is 6.73. The number of ether oxygens (including phenoxy) is 1. The van der Waals surface area contributed by atoms with Crippen LogP contribution in [0.3, 0.4) is 0 Å². The Bertz CT molecular complexity index is 310. The predicted octanol–water partition coefficient (Wildman–Crippen LogP) is 2.19. The molecule has 0 bridgehead atoms. The topological polar surface area (TPSA) is 41.6 Å². The molecule has 120 valence electrons. The molecule has 0 aliphatic carbocycles. The molecule has 4 nitrogen and oxygen atoms in total. The highest BCUT2D eigenvalue weighted by atomic mass is 19.4. The lowest BCUT2D eigenvalue weighted by Crippen LogP contribution is -2.54. The zero-order chi connectivity index (χ0) is 16.0. The number of likely N-dealkylation sites (N-methyl/N-ethyl adjacent to an activating group) is 1. The molecule has 0 saturated heterocycles. The molecule has 0 saturated carbocycles. The summed E-state index contributed by atoms with van der Waals surface area (Å²) >= 11 is 0. The van der Waals surface area contributed by atoms with Gasteiger partial charge in [-0.1, -0.05) is 13.8 Å². The van der Waals surface area contributed by atoms with Crippen LogP contribution < -0.4 is 5.32 Å². The van der Waals surface area contributed by atoms with Crippen molar-refractivity contribution >= 4 is 5.97 Å². The Balaban J connectivity index is 4.89. The van der Waals surface area contributed by atoms with Crippen molar-refractivity contribution in [2.24, 2.45) is 0 Å². The number of alkyl halides is 3. The summed E-state index contributed by atoms with van der Waals surface area (Å²) in [5.41, 5.74) is -0.984. The quantitative estimate of drug-likeness (QED) is 0.698. The van der Waals surface area contributed by atoms with Gasteiger partial charge in [0.2, 0.25) is 0 Å². The van der Waals surface area contributed by atoms with Gasteiger partial charge >= 0.3 is 12.1 Å². The summed E-state index contributed by atoms with van der Waals surface area (Å²) in [4.78, 5) is 13.1. The van der Waals surface area contributed by atoms with Gasteiger partial charge in [0, 0.05) is 6.04 Å². The first-order valence-electron chi connectivity index (χ1n) is 6.73. The highest BCUT2D eigenvalue weighted by Crippen LogP contribution is 2.22. The largest absolute Gasteiger partial charge is 0.468 e. The predicted molar refractivity (Wildman–Crippen MR) is 71.5 cm³/mol. The molecule has 0 amide bonds. The van der Waals surface area contributed by atoms with Gasteiger partial charge < -0.3 is 10.1 Å². The van der Waals surface area contributed by atoms with E-state index in [1.165, 1.54) is 12.0 Å². The van der Waals surface area contributed by atoms with E-state index in [0.29, 0.717) is 6.54 Å². The van der Waals surface area contributed by atoms with Crippen molar-refractivity contribution in [3.8, 4) is 0 Å². The summed E-state index contributed by atoms with van der Waals surface area (Å²) < 4.78 is 42.3. The molecule has 0 spiro atoms. The van der Waals surface area contributed by atoms with Crippen molar-refractivity contribution in [2.75, 3.05) is 26.7 Å². The van der Waals surface area contributed by atoms with Crippen LogP contribution in [0.25, 0.3) is 0 Å². The van der Waals surface area contributed by atoms with Gasteiger partial charge in [-0.3, -0.25) is 9.69 Å². The van der Waals surface area contributed by atoms with E-state index < -0.39 is 30.3 Å². The first-order chi connectivity index (χ1) is 9.09. The van der Waals surface area contributed by atoms with Crippen molar-refractivity contribution < 1.29 is 22.7 Å². The number of hydrogen-bond acceptors (Lipinski definition) is 4. The minimum atomic E-state index is -4.25. The molecule has 20 heavy (non-hydrogen) atoms. The van der Waals surface area contributed by atoms with E-state index >= 15 is 0 Å². The summed E-state index contributed by atoms with van der Waals surface area (Å²) in [5.74, 6) is -0.464. The second kappa shape index (κ2) is 7.83. The molecule has 0 fully saturated rings. The van der Waals surface area contributed by atoms with Crippen molar-refractivity contribution in [1.82, 2.24) is 10.2 Å². The maximum absolute atomic E-state index is 12.5. The third-order valence-corrected chi connectivity index (χ3v) is 3.32. The smallest absolute Gasteiger partial charge is 0.401 e. The summed E-state index contributed by atoms with van der Waals surface area (Å²) in [6.45, 7) is 6.67. The minimum Gasteiger partial charge on any atom is -0.468 e. The molecule has 0 radical (unpaired) electrons. The molecule has 2 atom stereocenters. The number of nitrogens with zero attached hydrogens (tertiary/aromatic N) is 1. The summed E-state index contributed by atoms with van der Waals surface area (Å²) in [5, 5.41) is 3.00. The Hall–Kier alpha value is -0.820. The molecule has 1 N–H and O–H groups in total. The van der Waals surface area contributed by atoms with E-state index in [4.69, 9.17) is 4.74 Å². The fourth-order valence-electron chi connectivity index (χ4n) is 2.37. The number of esters is 1. The lowest BCUT2D eigenvalue weighted by molar-refractivity contribution is -0.154. The molecule has 0 aromatic heterocycles. The molecule has 2 unspecified atom stereocenters. The SMILES string of the molecule is CCNC(C)(CC(C)N(CC)CC(F)(F)F)C(=O)OC. The Labute approximate surface area is 118 Å². The molecule has 0 aromatic carbocycles. The fraction of sp³-hybridized carbons (Fsp3) is 0.923. The van der Waals surface area contributed by atoms with Crippen molar-refractivity contribution in [3.05, 3.63) is 0 Å². The van der Waals surface area contributed by atoms with Crippen LogP contribution in [-0.4, -0.2) is 55.4 Å². The molecule has 0 aliphatic heterocycles. The monoisotopic (exact) mass is 298 g/mol. The normalized spacial score (nSPS) is 16.9. The van der Waals surface area contributed by atoms with E-state index in [1.54, 1.807) is 20.8 Å². The highest BCUT2D eigenvalue weighted by molar-refractivity contribution is 5.80. The number of rotatable bonds is 8. The second-order valence-electron chi connectivity index (χ2n) is 5.09. The van der Waals surface area contributed by atoms with Gasteiger partial charge in [0.25, 0.3) is 0 Å². The molecule has 0 aromatic rings. The molecule has 7 heteroatoms. The van der Waals surface area contributed by atoms with Gasteiger partial charge in [0.05, 0.1) is 13.7 Å². The van der Waals surface area contributed by atoms with Gasteiger partial charge in [-0.05, 0) is 33.4 Å². The van der Waals surface area contributed by atoms with Gasteiger partial charge in [0.15, 0.2) is 0 Å².